The molecule has 0 radical (unpaired) electrons. The van der Waals surface area contributed by atoms with Crippen molar-refractivity contribution in [2.24, 2.45) is 5.73 Å². The van der Waals surface area contributed by atoms with Crippen LogP contribution in [0.2, 0.25) is 0 Å². The topological polar surface area (TPSA) is 74.3 Å². The number of fused-ring (bicyclic) bond motifs is 1. The number of hydrogen-bond donors (Lipinski definition) is 1. The molecule has 0 aliphatic rings. The number of primary amides is 1. The fourth-order valence-electron chi connectivity index (χ4n) is 1.84. The molecule has 0 spiro atoms. The Morgan fingerprint density at radius 3 is 2.83 bits per heavy atom. The number of carbonyl (C=O) groups excluding carboxylic acids is 1. The van der Waals surface area contributed by atoms with Crippen molar-refractivity contribution < 1.29 is 9.53 Å². The first-order valence-corrected chi connectivity index (χ1v) is 5.57. The zero-order valence-electron chi connectivity index (χ0n) is 10.1. The lowest BCUT2D eigenvalue weighted by Crippen LogP contribution is -2.15. The molecule has 0 unspecified atom stereocenters. The molecule has 0 bridgehead atoms. The number of benzene rings is 1. The van der Waals surface area contributed by atoms with Crippen molar-refractivity contribution in [3.05, 3.63) is 40.7 Å². The summed E-state index contributed by atoms with van der Waals surface area (Å²) in [5.74, 6) is 0.266. The number of hydrogen-bond acceptors (Lipinski definition) is 3. The summed E-state index contributed by atoms with van der Waals surface area (Å²) in [6.07, 6.45) is 1.91. The normalized spacial score (nSPS) is 10.5. The smallest absolute Gasteiger partial charge is 0.219 e. The quantitative estimate of drug-likeness (QED) is 0.870. The highest BCUT2D eigenvalue weighted by atomic mass is 16.5. The molecule has 2 N–H and O–H groups in total. The number of methoxy groups -OCH3 is 1. The molecule has 1 aromatic heterocycles. The van der Waals surface area contributed by atoms with E-state index in [-0.39, 0.29) is 17.8 Å². The minimum atomic E-state index is -0.365. The Hall–Kier alpha value is -2.30. The maximum Gasteiger partial charge on any atom is 0.219 e. The lowest BCUT2D eigenvalue weighted by atomic mass is 10.2. The number of nitrogens with two attached hydrogens (primary N) is 1. The number of aryl methyl sites for hydroxylation is 1. The number of ether oxygens (including phenoxy) is 1. The molecule has 5 nitrogen and oxygen atoms in total. The van der Waals surface area contributed by atoms with Crippen LogP contribution in [-0.2, 0) is 11.3 Å². The molecule has 18 heavy (non-hydrogen) atoms. The van der Waals surface area contributed by atoms with Gasteiger partial charge in [-0.15, -0.1) is 0 Å². The molecule has 2 aromatic rings. The SMILES string of the molecule is COc1ccc2c(c1)c(=O)ccn2CCC(N)=O. The van der Waals surface area contributed by atoms with Gasteiger partial charge in [0.25, 0.3) is 0 Å². The number of nitrogens with zero attached hydrogens (tertiary/aromatic N) is 1. The Balaban J connectivity index is 2.52. The third-order valence-corrected chi connectivity index (χ3v) is 2.78. The van der Waals surface area contributed by atoms with Gasteiger partial charge in [0.1, 0.15) is 5.75 Å². The molecular weight excluding hydrogens is 232 g/mol. The van der Waals surface area contributed by atoms with E-state index in [4.69, 9.17) is 10.5 Å². The molecule has 0 aliphatic carbocycles. The van der Waals surface area contributed by atoms with Crippen LogP contribution in [0.15, 0.2) is 35.3 Å². The predicted molar refractivity (Wildman–Crippen MR) is 68.6 cm³/mol. The van der Waals surface area contributed by atoms with Crippen molar-refractivity contribution in [2.45, 2.75) is 13.0 Å². The minimum Gasteiger partial charge on any atom is -0.497 e. The molecule has 0 aliphatic heterocycles. The van der Waals surface area contributed by atoms with E-state index < -0.39 is 0 Å². The number of amides is 1. The summed E-state index contributed by atoms with van der Waals surface area (Å²) >= 11 is 0. The zero-order chi connectivity index (χ0) is 13.1. The van der Waals surface area contributed by atoms with Crippen LogP contribution in [0.4, 0.5) is 0 Å². The van der Waals surface area contributed by atoms with Gasteiger partial charge in [0, 0.05) is 30.6 Å². The highest BCUT2D eigenvalue weighted by Crippen LogP contribution is 2.18. The average molecular weight is 246 g/mol. The Morgan fingerprint density at radius 2 is 2.17 bits per heavy atom. The summed E-state index contributed by atoms with van der Waals surface area (Å²) in [5.41, 5.74) is 5.82. The van der Waals surface area contributed by atoms with Crippen molar-refractivity contribution in [3.63, 3.8) is 0 Å². The van der Waals surface area contributed by atoms with Gasteiger partial charge in [-0.3, -0.25) is 9.59 Å². The monoisotopic (exact) mass is 246 g/mol. The van der Waals surface area contributed by atoms with Crippen LogP contribution in [0.1, 0.15) is 6.42 Å². The van der Waals surface area contributed by atoms with Gasteiger partial charge in [0.15, 0.2) is 5.43 Å². The largest absolute Gasteiger partial charge is 0.497 e. The standard InChI is InChI=1S/C13H14N2O3/c1-18-9-2-3-11-10(8-9)12(16)4-6-15(11)7-5-13(14)17/h2-4,6,8H,5,7H2,1H3,(H2,14,17). The average Bonchev–Trinajstić information content (AvgIpc) is 2.37. The van der Waals surface area contributed by atoms with Crippen LogP contribution in [0.5, 0.6) is 5.75 Å². The number of rotatable bonds is 4. The number of aromatic nitrogens is 1. The highest BCUT2D eigenvalue weighted by molar-refractivity contribution is 5.80. The van der Waals surface area contributed by atoms with E-state index in [9.17, 15) is 9.59 Å². The molecule has 0 atom stereocenters. The molecule has 1 heterocycles. The molecule has 0 saturated carbocycles. The van der Waals surface area contributed by atoms with Crippen LogP contribution in [-0.4, -0.2) is 17.6 Å². The van der Waals surface area contributed by atoms with Gasteiger partial charge in [-0.1, -0.05) is 0 Å². The molecule has 94 valence electrons. The van der Waals surface area contributed by atoms with Crippen molar-refractivity contribution in [3.8, 4) is 5.75 Å². The van der Waals surface area contributed by atoms with Crippen molar-refractivity contribution >= 4 is 16.8 Å². The Kier molecular flexibility index (Phi) is 3.32. The minimum absolute atomic E-state index is 0.0702. The van der Waals surface area contributed by atoms with Gasteiger partial charge in [-0.25, -0.2) is 0 Å². The van der Waals surface area contributed by atoms with Crippen molar-refractivity contribution in [1.82, 2.24) is 4.57 Å². The maximum atomic E-state index is 11.8. The van der Waals surface area contributed by atoms with E-state index in [1.165, 1.54) is 6.07 Å². The summed E-state index contributed by atoms with van der Waals surface area (Å²) in [5, 5.41) is 0.571. The molecular formula is C13H14N2O3. The van der Waals surface area contributed by atoms with E-state index in [0.717, 1.165) is 5.52 Å². The fourth-order valence-corrected chi connectivity index (χ4v) is 1.84. The van der Waals surface area contributed by atoms with E-state index in [0.29, 0.717) is 17.7 Å². The summed E-state index contributed by atoms with van der Waals surface area (Å²) < 4.78 is 6.93. The molecule has 1 amide bonds. The maximum absolute atomic E-state index is 11.8. The summed E-state index contributed by atoms with van der Waals surface area (Å²) in [6.45, 7) is 0.457. The second-order valence-electron chi connectivity index (χ2n) is 3.97. The fraction of sp³-hybridized carbons (Fsp3) is 0.231. The first-order chi connectivity index (χ1) is 8.61. The molecule has 2 rings (SSSR count). The lowest BCUT2D eigenvalue weighted by Gasteiger charge is -2.10. The van der Waals surface area contributed by atoms with Gasteiger partial charge in [0.2, 0.25) is 5.91 Å². The third-order valence-electron chi connectivity index (χ3n) is 2.78. The van der Waals surface area contributed by atoms with Gasteiger partial charge in [-0.05, 0) is 18.2 Å². The van der Waals surface area contributed by atoms with E-state index in [1.807, 2.05) is 4.57 Å². The van der Waals surface area contributed by atoms with Gasteiger partial charge < -0.3 is 15.0 Å². The van der Waals surface area contributed by atoms with Crippen LogP contribution in [0.25, 0.3) is 10.9 Å². The predicted octanol–water partition coefficient (Wildman–Crippen LogP) is 0.885. The lowest BCUT2D eigenvalue weighted by molar-refractivity contribution is -0.118. The molecule has 0 fully saturated rings. The zero-order valence-corrected chi connectivity index (χ0v) is 10.1. The van der Waals surface area contributed by atoms with E-state index >= 15 is 0 Å². The Labute approximate surface area is 104 Å². The van der Waals surface area contributed by atoms with Crippen molar-refractivity contribution in [2.75, 3.05) is 7.11 Å². The van der Waals surface area contributed by atoms with E-state index in [1.54, 1.807) is 31.5 Å². The second kappa shape index (κ2) is 4.91. The van der Waals surface area contributed by atoms with Crippen LogP contribution in [0, 0.1) is 0 Å². The van der Waals surface area contributed by atoms with Gasteiger partial charge >= 0.3 is 0 Å². The van der Waals surface area contributed by atoms with Crippen LogP contribution < -0.4 is 15.9 Å². The molecule has 1 aromatic carbocycles. The Bertz CT molecular complexity index is 646. The summed E-state index contributed by atoms with van der Waals surface area (Å²) in [6, 6.07) is 6.75. The van der Waals surface area contributed by atoms with Crippen LogP contribution in [0.3, 0.4) is 0 Å². The van der Waals surface area contributed by atoms with E-state index in [2.05, 4.69) is 0 Å². The van der Waals surface area contributed by atoms with Gasteiger partial charge in [0.05, 0.1) is 12.6 Å². The van der Waals surface area contributed by atoms with Crippen molar-refractivity contribution in [1.29, 1.82) is 0 Å². The summed E-state index contributed by atoms with van der Waals surface area (Å²) in [7, 11) is 1.55. The third kappa shape index (κ3) is 2.34. The van der Waals surface area contributed by atoms with Gasteiger partial charge in [-0.2, -0.15) is 0 Å². The summed E-state index contributed by atoms with van der Waals surface area (Å²) in [4.78, 5) is 22.6. The first-order valence-electron chi connectivity index (χ1n) is 5.57. The Morgan fingerprint density at radius 1 is 1.39 bits per heavy atom. The second-order valence-corrected chi connectivity index (χ2v) is 3.97. The number of pyridine rings is 1. The molecule has 0 saturated heterocycles. The highest BCUT2D eigenvalue weighted by Gasteiger charge is 2.05. The number of carbonyl (C=O) groups is 1. The first kappa shape index (κ1) is 12.2. The molecule has 5 heteroatoms. The van der Waals surface area contributed by atoms with Crippen LogP contribution >= 0.6 is 0 Å².